The number of carboxylic acid groups (broad SMARTS) is 1. The minimum atomic E-state index is -0.831. The van der Waals surface area contributed by atoms with E-state index in [-0.39, 0.29) is 13.2 Å². The molecule has 0 heterocycles. The Hall–Kier alpha value is -1.91. The molecule has 0 spiro atoms. The zero-order valence-corrected chi connectivity index (χ0v) is 18.5. The minimum Gasteiger partial charge on any atom is -0.481 e. The van der Waals surface area contributed by atoms with Gasteiger partial charge in [0, 0.05) is 6.54 Å². The average Bonchev–Trinajstić information content (AvgIpc) is 2.60. The molecule has 0 aromatic heterocycles. The quantitative estimate of drug-likeness (QED) is 0.524. The number of aliphatic hydroxyl groups excluding tert-OH is 1. The van der Waals surface area contributed by atoms with E-state index in [9.17, 15) is 4.79 Å². The van der Waals surface area contributed by atoms with E-state index >= 15 is 0 Å². The molecular formula is C24H39NO3. The van der Waals surface area contributed by atoms with Crippen molar-refractivity contribution in [3.63, 3.8) is 0 Å². The summed E-state index contributed by atoms with van der Waals surface area (Å²) in [6.45, 7) is 13.0. The normalized spacial score (nSPS) is 19.0. The van der Waals surface area contributed by atoms with Gasteiger partial charge < -0.3 is 15.9 Å². The second-order valence-corrected chi connectivity index (χ2v) is 8.14. The third-order valence-electron chi connectivity index (χ3n) is 4.96. The molecule has 0 aliphatic heterocycles. The van der Waals surface area contributed by atoms with Crippen molar-refractivity contribution in [2.45, 2.75) is 60.8 Å². The molecule has 1 unspecified atom stereocenters. The van der Waals surface area contributed by atoms with Gasteiger partial charge in [-0.25, -0.2) is 0 Å². The molecule has 0 aromatic rings. The summed E-state index contributed by atoms with van der Waals surface area (Å²) in [6, 6.07) is 0. The summed E-state index contributed by atoms with van der Waals surface area (Å²) in [4.78, 5) is 9.85. The molecular weight excluding hydrogens is 350 g/mol. The summed E-state index contributed by atoms with van der Waals surface area (Å²) in [5.74, 6) is -1.23. The van der Waals surface area contributed by atoms with Crippen molar-refractivity contribution < 1.29 is 15.0 Å². The molecule has 0 saturated heterocycles. The Bertz CT molecular complexity index is 649. The summed E-state index contributed by atoms with van der Waals surface area (Å²) < 4.78 is 0. The van der Waals surface area contributed by atoms with Crippen LogP contribution in [0.3, 0.4) is 0 Å². The first-order valence-corrected chi connectivity index (χ1v) is 9.99. The van der Waals surface area contributed by atoms with Gasteiger partial charge in [-0.2, -0.15) is 0 Å². The Morgan fingerprint density at radius 1 is 1.25 bits per heavy atom. The maximum atomic E-state index is 9.85. The SMILES string of the molecule is CC(CN)C(=O)O.CC1=C(/C=C/C(C)=C/C=C/C(C)=C/CO)C(C)(C)CCC1. The summed E-state index contributed by atoms with van der Waals surface area (Å²) in [6.07, 6.45) is 16.3. The molecule has 1 atom stereocenters. The fraction of sp³-hybridized carbons (Fsp3) is 0.542. The topological polar surface area (TPSA) is 83.6 Å². The molecule has 1 aliphatic carbocycles. The highest BCUT2D eigenvalue weighted by Crippen LogP contribution is 2.40. The zero-order valence-electron chi connectivity index (χ0n) is 18.5. The van der Waals surface area contributed by atoms with Crippen molar-refractivity contribution in [2.24, 2.45) is 17.1 Å². The first kappa shape index (κ1) is 26.1. The highest BCUT2D eigenvalue weighted by molar-refractivity contribution is 5.69. The van der Waals surface area contributed by atoms with E-state index in [0.29, 0.717) is 5.41 Å². The van der Waals surface area contributed by atoms with Crippen LogP contribution in [0.2, 0.25) is 0 Å². The summed E-state index contributed by atoms with van der Waals surface area (Å²) in [7, 11) is 0. The van der Waals surface area contributed by atoms with Crippen LogP contribution < -0.4 is 5.73 Å². The van der Waals surface area contributed by atoms with E-state index in [1.165, 1.54) is 36.0 Å². The van der Waals surface area contributed by atoms with Crippen LogP contribution in [0.4, 0.5) is 0 Å². The third kappa shape index (κ3) is 10.4. The Labute approximate surface area is 171 Å². The van der Waals surface area contributed by atoms with Crippen LogP contribution in [0.1, 0.15) is 60.8 Å². The van der Waals surface area contributed by atoms with Gasteiger partial charge in [0.15, 0.2) is 0 Å². The Morgan fingerprint density at radius 3 is 2.36 bits per heavy atom. The summed E-state index contributed by atoms with van der Waals surface area (Å²) >= 11 is 0. The molecule has 4 nitrogen and oxygen atoms in total. The lowest BCUT2D eigenvalue weighted by Gasteiger charge is -2.32. The minimum absolute atomic E-state index is 0.0985. The van der Waals surface area contributed by atoms with Gasteiger partial charge in [0.25, 0.3) is 0 Å². The van der Waals surface area contributed by atoms with Gasteiger partial charge in [-0.05, 0) is 51.0 Å². The molecule has 0 radical (unpaired) electrons. The maximum absolute atomic E-state index is 9.85. The number of carboxylic acids is 1. The Balaban J connectivity index is 0.000000887. The molecule has 1 aliphatic rings. The average molecular weight is 390 g/mol. The first-order valence-electron chi connectivity index (χ1n) is 9.99. The molecule has 0 aromatic carbocycles. The predicted molar refractivity (Wildman–Crippen MR) is 119 cm³/mol. The molecule has 4 N–H and O–H groups in total. The van der Waals surface area contributed by atoms with Gasteiger partial charge in [0.05, 0.1) is 12.5 Å². The van der Waals surface area contributed by atoms with Crippen molar-refractivity contribution in [1.82, 2.24) is 0 Å². The van der Waals surface area contributed by atoms with Crippen molar-refractivity contribution in [3.8, 4) is 0 Å². The molecule has 28 heavy (non-hydrogen) atoms. The molecule has 4 heteroatoms. The van der Waals surface area contributed by atoms with Crippen LogP contribution in [0.25, 0.3) is 0 Å². The zero-order chi connectivity index (χ0) is 21.7. The lowest BCUT2D eigenvalue weighted by Crippen LogP contribution is -2.19. The van der Waals surface area contributed by atoms with E-state index < -0.39 is 11.9 Å². The second kappa shape index (κ2) is 13.3. The summed E-state index contributed by atoms with van der Waals surface area (Å²) in [5, 5.41) is 16.9. The standard InChI is InChI=1S/C20H30O.C4H9NO2/c1-16(8-6-9-17(2)13-15-21)11-12-19-18(3)10-7-14-20(19,4)5;1-3(2-5)4(6)7/h6,8-9,11-13,21H,7,10,14-15H2,1-5H3;3H,2,5H2,1H3,(H,6,7)/b9-6+,12-11+,16-8+,17-13+;. The van der Waals surface area contributed by atoms with Crippen LogP contribution in [-0.4, -0.2) is 29.3 Å². The van der Waals surface area contributed by atoms with Gasteiger partial charge in [0.2, 0.25) is 0 Å². The maximum Gasteiger partial charge on any atom is 0.307 e. The lowest BCUT2D eigenvalue weighted by molar-refractivity contribution is -0.140. The molecule has 0 amide bonds. The van der Waals surface area contributed by atoms with Crippen LogP contribution in [-0.2, 0) is 4.79 Å². The Kier molecular flexibility index (Phi) is 12.4. The monoisotopic (exact) mass is 389 g/mol. The van der Waals surface area contributed by atoms with Crippen molar-refractivity contribution >= 4 is 5.97 Å². The van der Waals surface area contributed by atoms with Crippen molar-refractivity contribution in [2.75, 3.05) is 13.2 Å². The van der Waals surface area contributed by atoms with Crippen LogP contribution in [0.15, 0.2) is 58.7 Å². The number of carbonyl (C=O) groups is 1. The number of aliphatic carboxylic acids is 1. The fourth-order valence-electron chi connectivity index (χ4n) is 2.95. The Morgan fingerprint density at radius 2 is 1.89 bits per heavy atom. The number of aliphatic hydroxyl groups is 1. The molecule has 1 rings (SSSR count). The van der Waals surface area contributed by atoms with E-state index in [0.717, 1.165) is 5.57 Å². The van der Waals surface area contributed by atoms with E-state index in [4.69, 9.17) is 15.9 Å². The van der Waals surface area contributed by atoms with E-state index in [2.05, 4.69) is 45.9 Å². The highest BCUT2D eigenvalue weighted by atomic mass is 16.4. The van der Waals surface area contributed by atoms with E-state index in [1.54, 1.807) is 13.0 Å². The fourth-order valence-corrected chi connectivity index (χ4v) is 2.95. The van der Waals surface area contributed by atoms with Crippen LogP contribution >= 0.6 is 0 Å². The highest BCUT2D eigenvalue weighted by Gasteiger charge is 2.26. The van der Waals surface area contributed by atoms with Crippen molar-refractivity contribution in [1.29, 1.82) is 0 Å². The third-order valence-corrected chi connectivity index (χ3v) is 4.96. The van der Waals surface area contributed by atoms with Gasteiger partial charge in [-0.1, -0.05) is 73.9 Å². The predicted octanol–water partition coefficient (Wildman–Crippen LogP) is 5.18. The van der Waals surface area contributed by atoms with Gasteiger partial charge in [0.1, 0.15) is 0 Å². The molecule has 0 fully saturated rings. The van der Waals surface area contributed by atoms with Gasteiger partial charge in [-0.15, -0.1) is 0 Å². The lowest BCUT2D eigenvalue weighted by atomic mass is 9.72. The first-order chi connectivity index (χ1) is 13.0. The number of nitrogens with two attached hydrogens (primary N) is 1. The number of hydrogen-bond donors (Lipinski definition) is 3. The molecule has 0 saturated carbocycles. The summed E-state index contributed by atoms with van der Waals surface area (Å²) in [5.41, 5.74) is 10.7. The smallest absolute Gasteiger partial charge is 0.307 e. The second-order valence-electron chi connectivity index (χ2n) is 8.14. The number of hydrogen-bond acceptors (Lipinski definition) is 3. The molecule has 158 valence electrons. The number of rotatable bonds is 7. The largest absolute Gasteiger partial charge is 0.481 e. The van der Waals surface area contributed by atoms with Crippen LogP contribution in [0, 0.1) is 11.3 Å². The molecule has 0 bridgehead atoms. The van der Waals surface area contributed by atoms with Gasteiger partial charge >= 0.3 is 5.97 Å². The van der Waals surface area contributed by atoms with Crippen LogP contribution in [0.5, 0.6) is 0 Å². The van der Waals surface area contributed by atoms with E-state index in [1.807, 2.05) is 19.1 Å². The number of allylic oxidation sites excluding steroid dienone is 9. The van der Waals surface area contributed by atoms with Crippen molar-refractivity contribution in [3.05, 3.63) is 58.7 Å². The van der Waals surface area contributed by atoms with Gasteiger partial charge in [-0.3, -0.25) is 4.79 Å².